The zero-order valence-electron chi connectivity index (χ0n) is 10.9. The zero-order valence-corrected chi connectivity index (χ0v) is 11.7. The molecule has 1 aromatic rings. The van der Waals surface area contributed by atoms with E-state index in [1.807, 2.05) is 0 Å². The van der Waals surface area contributed by atoms with Gasteiger partial charge in [-0.3, -0.25) is 14.9 Å². The van der Waals surface area contributed by atoms with Gasteiger partial charge < -0.3 is 10.4 Å². The second-order valence-corrected chi connectivity index (χ2v) is 5.64. The van der Waals surface area contributed by atoms with Gasteiger partial charge in [-0.2, -0.15) is 0 Å². The number of nitro groups is 1. The van der Waals surface area contributed by atoms with Crippen molar-refractivity contribution < 1.29 is 14.8 Å². The van der Waals surface area contributed by atoms with Crippen molar-refractivity contribution in [2.24, 2.45) is 5.92 Å². The van der Waals surface area contributed by atoms with Crippen molar-refractivity contribution in [3.05, 3.63) is 38.9 Å². The van der Waals surface area contributed by atoms with Gasteiger partial charge in [-0.25, -0.2) is 0 Å². The molecule has 0 aliphatic heterocycles. The van der Waals surface area contributed by atoms with Gasteiger partial charge >= 0.3 is 0 Å². The van der Waals surface area contributed by atoms with Crippen molar-refractivity contribution in [3.8, 4) is 0 Å². The summed E-state index contributed by atoms with van der Waals surface area (Å²) in [5.41, 5.74) is -1.12. The molecule has 108 valence electrons. The summed E-state index contributed by atoms with van der Waals surface area (Å²) in [7, 11) is 0. The minimum absolute atomic E-state index is 0.0347. The highest BCUT2D eigenvalue weighted by Crippen LogP contribution is 2.39. The molecule has 2 N–H and O–H groups in total. The van der Waals surface area contributed by atoms with Crippen LogP contribution in [0.2, 0.25) is 5.02 Å². The Balaban J connectivity index is 2.08. The average molecular weight is 299 g/mol. The maximum absolute atomic E-state index is 12.0. The number of carbonyl (C=O) groups is 1. The van der Waals surface area contributed by atoms with Crippen molar-refractivity contribution in [3.63, 3.8) is 0 Å². The minimum atomic E-state index is -0.956. The fourth-order valence-electron chi connectivity index (χ4n) is 2.00. The molecule has 0 bridgehead atoms. The number of hydrogen-bond donors (Lipinski definition) is 2. The van der Waals surface area contributed by atoms with Gasteiger partial charge in [-0.1, -0.05) is 11.6 Å². The van der Waals surface area contributed by atoms with Gasteiger partial charge in [0.05, 0.1) is 21.1 Å². The largest absolute Gasteiger partial charge is 0.388 e. The SMILES string of the molecule is CC(O)(CNC(=O)c1cc([N+](=O)[O-])ccc1Cl)C1CC1. The first-order valence-corrected chi connectivity index (χ1v) is 6.63. The number of nitrogens with zero attached hydrogens (tertiary/aromatic N) is 1. The van der Waals surface area contributed by atoms with Crippen LogP contribution < -0.4 is 5.32 Å². The van der Waals surface area contributed by atoms with Gasteiger partial charge in [0.1, 0.15) is 0 Å². The first-order chi connectivity index (χ1) is 9.31. The number of halogens is 1. The number of carbonyl (C=O) groups excluding carboxylic acids is 1. The molecule has 0 radical (unpaired) electrons. The van der Waals surface area contributed by atoms with Gasteiger partial charge in [0.25, 0.3) is 11.6 Å². The normalized spacial score (nSPS) is 17.4. The van der Waals surface area contributed by atoms with Gasteiger partial charge in [0, 0.05) is 18.7 Å². The predicted molar refractivity (Wildman–Crippen MR) is 73.8 cm³/mol. The van der Waals surface area contributed by atoms with Crippen molar-refractivity contribution >= 4 is 23.2 Å². The second kappa shape index (κ2) is 5.38. The van der Waals surface area contributed by atoms with Crippen molar-refractivity contribution in [1.29, 1.82) is 0 Å². The van der Waals surface area contributed by atoms with Crippen LogP contribution in [0, 0.1) is 16.0 Å². The monoisotopic (exact) mass is 298 g/mol. The standard InChI is InChI=1S/C13H15ClN2O4/c1-13(18,8-2-3-8)7-15-12(17)10-6-9(16(19)20)4-5-11(10)14/h4-6,8,18H,2-3,7H2,1H3,(H,15,17). The average Bonchev–Trinajstić information content (AvgIpc) is 3.21. The highest BCUT2D eigenvalue weighted by atomic mass is 35.5. The molecule has 0 spiro atoms. The molecule has 0 aromatic heterocycles. The number of aliphatic hydroxyl groups is 1. The molecule has 1 unspecified atom stereocenters. The third-order valence-corrected chi connectivity index (χ3v) is 3.80. The van der Waals surface area contributed by atoms with E-state index in [1.54, 1.807) is 6.92 Å². The lowest BCUT2D eigenvalue weighted by Crippen LogP contribution is -2.42. The Hall–Kier alpha value is -1.66. The van der Waals surface area contributed by atoms with E-state index in [-0.39, 0.29) is 28.7 Å². The van der Waals surface area contributed by atoms with Gasteiger partial charge in [-0.05, 0) is 31.7 Å². The van der Waals surface area contributed by atoms with E-state index in [0.717, 1.165) is 18.9 Å². The lowest BCUT2D eigenvalue weighted by atomic mass is 10.0. The van der Waals surface area contributed by atoms with Crippen LogP contribution in [0.1, 0.15) is 30.1 Å². The molecule has 1 fully saturated rings. The Kier molecular flexibility index (Phi) is 3.96. The topological polar surface area (TPSA) is 92.5 Å². The summed E-state index contributed by atoms with van der Waals surface area (Å²) in [6.45, 7) is 1.76. The number of non-ortho nitro benzene ring substituents is 1. The van der Waals surface area contributed by atoms with Crippen molar-refractivity contribution in [1.82, 2.24) is 5.32 Å². The molecular formula is C13H15ClN2O4. The summed E-state index contributed by atoms with van der Waals surface area (Å²) in [6.07, 6.45) is 1.89. The Morgan fingerprint density at radius 1 is 1.60 bits per heavy atom. The molecule has 1 saturated carbocycles. The molecule has 1 amide bonds. The zero-order chi connectivity index (χ0) is 14.9. The van der Waals surface area contributed by atoms with Gasteiger partial charge in [-0.15, -0.1) is 0 Å². The third-order valence-electron chi connectivity index (χ3n) is 3.47. The molecule has 20 heavy (non-hydrogen) atoms. The fourth-order valence-corrected chi connectivity index (χ4v) is 2.21. The van der Waals surface area contributed by atoms with E-state index in [9.17, 15) is 20.0 Å². The lowest BCUT2D eigenvalue weighted by Gasteiger charge is -2.23. The van der Waals surface area contributed by atoms with E-state index in [2.05, 4.69) is 5.32 Å². The Labute approximate surface area is 120 Å². The fraction of sp³-hybridized carbons (Fsp3) is 0.462. The predicted octanol–water partition coefficient (Wildman–Crippen LogP) is 2.14. The van der Waals surface area contributed by atoms with Crippen molar-refractivity contribution in [2.75, 3.05) is 6.54 Å². The number of benzene rings is 1. The summed E-state index contributed by atoms with van der Waals surface area (Å²) >= 11 is 5.87. The molecule has 2 rings (SSSR count). The van der Waals surface area contributed by atoms with Crippen LogP contribution in [0.4, 0.5) is 5.69 Å². The molecule has 0 saturated heterocycles. The smallest absolute Gasteiger partial charge is 0.270 e. The molecule has 1 aliphatic carbocycles. The first kappa shape index (κ1) is 14.7. The van der Waals surface area contributed by atoms with Crippen LogP contribution in [0.25, 0.3) is 0 Å². The Morgan fingerprint density at radius 3 is 2.80 bits per heavy atom. The van der Waals surface area contributed by atoms with Crippen LogP contribution >= 0.6 is 11.6 Å². The number of rotatable bonds is 5. The third kappa shape index (κ3) is 3.26. The molecule has 7 heteroatoms. The maximum Gasteiger partial charge on any atom is 0.270 e. The summed E-state index contributed by atoms with van der Waals surface area (Å²) in [4.78, 5) is 22.1. The summed E-state index contributed by atoms with van der Waals surface area (Å²) in [6, 6.07) is 3.68. The van der Waals surface area contributed by atoms with Gasteiger partial charge in [0.15, 0.2) is 0 Å². The number of amides is 1. The van der Waals surface area contributed by atoms with Gasteiger partial charge in [0.2, 0.25) is 0 Å². The number of nitrogens with one attached hydrogen (secondary N) is 1. The van der Waals surface area contributed by atoms with E-state index in [0.29, 0.717) is 0 Å². The van der Waals surface area contributed by atoms with Crippen LogP contribution in [-0.4, -0.2) is 28.1 Å². The highest BCUT2D eigenvalue weighted by Gasteiger charge is 2.40. The minimum Gasteiger partial charge on any atom is -0.388 e. The molecule has 6 nitrogen and oxygen atoms in total. The first-order valence-electron chi connectivity index (χ1n) is 6.26. The lowest BCUT2D eigenvalue weighted by molar-refractivity contribution is -0.384. The quantitative estimate of drug-likeness (QED) is 0.643. The second-order valence-electron chi connectivity index (χ2n) is 5.24. The Bertz CT molecular complexity index is 555. The summed E-state index contributed by atoms with van der Waals surface area (Å²) in [5.74, 6) is -0.331. The molecular weight excluding hydrogens is 284 g/mol. The van der Waals surface area contributed by atoms with E-state index < -0.39 is 16.4 Å². The number of nitro benzene ring substituents is 1. The van der Waals surface area contributed by atoms with E-state index in [4.69, 9.17) is 11.6 Å². The van der Waals surface area contributed by atoms with Crippen LogP contribution in [0.15, 0.2) is 18.2 Å². The molecule has 1 aliphatic rings. The van der Waals surface area contributed by atoms with E-state index >= 15 is 0 Å². The van der Waals surface area contributed by atoms with E-state index in [1.165, 1.54) is 12.1 Å². The van der Waals surface area contributed by atoms with Crippen LogP contribution in [0.5, 0.6) is 0 Å². The summed E-state index contributed by atoms with van der Waals surface area (Å²) in [5, 5.41) is 23.5. The van der Waals surface area contributed by atoms with Crippen molar-refractivity contribution in [2.45, 2.75) is 25.4 Å². The molecule has 1 atom stereocenters. The summed E-state index contributed by atoms with van der Waals surface area (Å²) < 4.78 is 0. The van der Waals surface area contributed by atoms with Crippen LogP contribution in [0.3, 0.4) is 0 Å². The molecule has 0 heterocycles. The highest BCUT2D eigenvalue weighted by molar-refractivity contribution is 6.33. The maximum atomic E-state index is 12.0. The number of hydrogen-bond acceptors (Lipinski definition) is 4. The van der Waals surface area contributed by atoms with Crippen LogP contribution in [-0.2, 0) is 0 Å². The Morgan fingerprint density at radius 2 is 2.25 bits per heavy atom. The molecule has 1 aromatic carbocycles.